The Morgan fingerprint density at radius 1 is 1.10 bits per heavy atom. The Bertz CT molecular complexity index is 420. The van der Waals surface area contributed by atoms with E-state index < -0.39 is 0 Å². The van der Waals surface area contributed by atoms with Crippen molar-refractivity contribution in [2.24, 2.45) is 0 Å². The molecule has 1 aliphatic carbocycles. The summed E-state index contributed by atoms with van der Waals surface area (Å²) in [5.74, 6) is 0. The van der Waals surface area contributed by atoms with Crippen molar-refractivity contribution in [1.29, 1.82) is 0 Å². The Labute approximate surface area is 127 Å². The smallest absolute Gasteiger partial charge is 0.0964 e. The van der Waals surface area contributed by atoms with E-state index in [1.54, 1.807) is 0 Å². The minimum Gasteiger partial charge on any atom is -0.308 e. The third-order valence-corrected chi connectivity index (χ3v) is 4.39. The summed E-state index contributed by atoms with van der Waals surface area (Å²) in [7, 11) is 0. The van der Waals surface area contributed by atoms with E-state index in [0.29, 0.717) is 0 Å². The highest BCUT2D eigenvalue weighted by atomic mass is 15.4. The highest BCUT2D eigenvalue weighted by Gasteiger charge is 2.20. The van der Waals surface area contributed by atoms with E-state index in [0.717, 1.165) is 31.4 Å². The summed E-state index contributed by atoms with van der Waals surface area (Å²) >= 11 is 0. The van der Waals surface area contributed by atoms with Gasteiger partial charge in [0.2, 0.25) is 0 Å². The van der Waals surface area contributed by atoms with Crippen LogP contribution in [0, 0.1) is 0 Å². The van der Waals surface area contributed by atoms with Crippen LogP contribution in [0.25, 0.3) is 0 Å². The summed E-state index contributed by atoms with van der Waals surface area (Å²) < 4.78 is 1.99. The van der Waals surface area contributed by atoms with Crippen molar-refractivity contribution in [2.75, 3.05) is 39.3 Å². The van der Waals surface area contributed by atoms with Gasteiger partial charge in [-0.05, 0) is 25.8 Å². The zero-order valence-electron chi connectivity index (χ0n) is 13.2. The van der Waals surface area contributed by atoms with Gasteiger partial charge >= 0.3 is 0 Å². The molecular formula is C15H28N6. The number of rotatable bonds is 8. The lowest BCUT2D eigenvalue weighted by Crippen LogP contribution is -2.47. The summed E-state index contributed by atoms with van der Waals surface area (Å²) in [6, 6.07) is 0.731. The van der Waals surface area contributed by atoms with E-state index in [2.05, 4.69) is 38.5 Å². The van der Waals surface area contributed by atoms with E-state index in [4.69, 9.17) is 0 Å². The van der Waals surface area contributed by atoms with Gasteiger partial charge < -0.3 is 10.2 Å². The second kappa shape index (κ2) is 7.33. The first kappa shape index (κ1) is 14.9. The minimum absolute atomic E-state index is 0.731. The molecule has 1 aromatic heterocycles. The molecule has 1 aliphatic heterocycles. The summed E-state index contributed by atoms with van der Waals surface area (Å²) in [5, 5.41) is 11.9. The Morgan fingerprint density at radius 2 is 1.81 bits per heavy atom. The summed E-state index contributed by atoms with van der Waals surface area (Å²) in [4.78, 5) is 5.10. The molecule has 0 atom stereocenters. The topological polar surface area (TPSA) is 49.2 Å². The molecule has 118 valence electrons. The Kier molecular flexibility index (Phi) is 5.22. The average Bonchev–Trinajstić information content (AvgIpc) is 3.23. The van der Waals surface area contributed by atoms with Gasteiger partial charge in [-0.2, -0.15) is 0 Å². The van der Waals surface area contributed by atoms with Crippen LogP contribution in [0.1, 0.15) is 31.9 Å². The highest BCUT2D eigenvalue weighted by Crippen LogP contribution is 2.18. The van der Waals surface area contributed by atoms with Crippen molar-refractivity contribution in [3.8, 4) is 0 Å². The lowest BCUT2D eigenvalue weighted by molar-refractivity contribution is 0.128. The predicted molar refractivity (Wildman–Crippen MR) is 83.1 cm³/mol. The van der Waals surface area contributed by atoms with Gasteiger partial charge in [-0.25, -0.2) is 0 Å². The minimum atomic E-state index is 0.731. The van der Waals surface area contributed by atoms with Crippen molar-refractivity contribution in [2.45, 2.75) is 45.3 Å². The maximum Gasteiger partial charge on any atom is 0.0964 e. The van der Waals surface area contributed by atoms with Crippen LogP contribution in [-0.2, 0) is 13.1 Å². The number of piperazine rings is 1. The van der Waals surface area contributed by atoms with Gasteiger partial charge in [-0.1, -0.05) is 12.1 Å². The zero-order chi connectivity index (χ0) is 14.5. The van der Waals surface area contributed by atoms with Crippen LogP contribution >= 0.6 is 0 Å². The molecule has 2 fully saturated rings. The van der Waals surface area contributed by atoms with Crippen molar-refractivity contribution in [3.05, 3.63) is 11.9 Å². The number of nitrogens with one attached hydrogen (secondary N) is 1. The quantitative estimate of drug-likeness (QED) is 0.758. The molecule has 6 heteroatoms. The summed E-state index contributed by atoms with van der Waals surface area (Å²) in [6.07, 6.45) is 5.98. The van der Waals surface area contributed by atoms with Crippen LogP contribution in [0.5, 0.6) is 0 Å². The molecule has 1 N–H and O–H groups in total. The maximum atomic E-state index is 4.24. The summed E-state index contributed by atoms with van der Waals surface area (Å²) in [5.41, 5.74) is 1.06. The van der Waals surface area contributed by atoms with Crippen LogP contribution in [0.3, 0.4) is 0 Å². The van der Waals surface area contributed by atoms with Crippen LogP contribution in [-0.4, -0.2) is 70.1 Å². The second-order valence-electron chi connectivity index (χ2n) is 6.31. The molecule has 1 saturated heterocycles. The third kappa shape index (κ3) is 4.76. The molecule has 0 aromatic carbocycles. The molecule has 2 heterocycles. The summed E-state index contributed by atoms with van der Waals surface area (Å²) in [6.45, 7) is 11.2. The Hall–Kier alpha value is -0.980. The number of aromatic nitrogens is 3. The molecule has 0 radical (unpaired) electrons. The van der Waals surface area contributed by atoms with Crippen molar-refractivity contribution < 1.29 is 0 Å². The predicted octanol–water partition coefficient (Wildman–Crippen LogP) is 0.558. The van der Waals surface area contributed by atoms with Gasteiger partial charge in [-0.3, -0.25) is 9.58 Å². The van der Waals surface area contributed by atoms with Crippen LogP contribution in [0.4, 0.5) is 0 Å². The molecule has 6 nitrogen and oxygen atoms in total. The van der Waals surface area contributed by atoms with Gasteiger partial charge in [0.1, 0.15) is 0 Å². The monoisotopic (exact) mass is 292 g/mol. The first-order valence-corrected chi connectivity index (χ1v) is 8.40. The molecule has 0 bridgehead atoms. The van der Waals surface area contributed by atoms with Crippen molar-refractivity contribution in [1.82, 2.24) is 30.1 Å². The first-order chi connectivity index (χ1) is 10.3. The second-order valence-corrected chi connectivity index (χ2v) is 6.31. The molecule has 0 unspecified atom stereocenters. The molecular weight excluding hydrogens is 264 g/mol. The van der Waals surface area contributed by atoms with Crippen LogP contribution in [0.15, 0.2) is 6.20 Å². The normalized spacial score (nSPS) is 21.0. The Balaban J connectivity index is 1.35. The fraction of sp³-hybridized carbons (Fsp3) is 0.867. The molecule has 1 aromatic rings. The largest absolute Gasteiger partial charge is 0.308 e. The number of nitrogens with zero attached hydrogens (tertiary/aromatic N) is 5. The van der Waals surface area contributed by atoms with Gasteiger partial charge in [0.15, 0.2) is 0 Å². The number of hydrogen-bond acceptors (Lipinski definition) is 5. The molecule has 1 saturated carbocycles. The van der Waals surface area contributed by atoms with Gasteiger partial charge in [-0.15, -0.1) is 5.10 Å². The lowest BCUT2D eigenvalue weighted by Gasteiger charge is -2.34. The van der Waals surface area contributed by atoms with E-state index >= 15 is 0 Å². The fourth-order valence-electron chi connectivity index (χ4n) is 2.86. The zero-order valence-corrected chi connectivity index (χ0v) is 13.2. The van der Waals surface area contributed by atoms with Crippen LogP contribution in [0.2, 0.25) is 0 Å². The highest BCUT2D eigenvalue weighted by molar-refractivity contribution is 4.94. The molecule has 0 spiro atoms. The van der Waals surface area contributed by atoms with E-state index in [1.807, 2.05) is 4.68 Å². The SMILES string of the molecule is CCCN1CCN(CCn2cc(CNC3CC3)nn2)CC1. The van der Waals surface area contributed by atoms with Gasteiger partial charge in [0, 0.05) is 51.5 Å². The molecule has 2 aliphatic rings. The standard InChI is InChI=1S/C15H28N6/c1-2-5-19-6-8-20(9-7-19)10-11-21-13-15(17-18-21)12-16-14-3-4-14/h13-14,16H,2-12H2,1H3. The van der Waals surface area contributed by atoms with E-state index in [1.165, 1.54) is 52.0 Å². The van der Waals surface area contributed by atoms with Crippen LogP contribution < -0.4 is 5.32 Å². The molecule has 21 heavy (non-hydrogen) atoms. The molecule has 0 amide bonds. The van der Waals surface area contributed by atoms with Crippen molar-refractivity contribution >= 4 is 0 Å². The lowest BCUT2D eigenvalue weighted by atomic mass is 10.3. The third-order valence-electron chi connectivity index (χ3n) is 4.39. The first-order valence-electron chi connectivity index (χ1n) is 8.40. The number of hydrogen-bond donors (Lipinski definition) is 1. The fourth-order valence-corrected chi connectivity index (χ4v) is 2.86. The average molecular weight is 292 g/mol. The van der Waals surface area contributed by atoms with Gasteiger partial charge in [0.25, 0.3) is 0 Å². The van der Waals surface area contributed by atoms with Gasteiger partial charge in [0.05, 0.1) is 12.2 Å². The van der Waals surface area contributed by atoms with E-state index in [-0.39, 0.29) is 0 Å². The molecule has 3 rings (SSSR count). The van der Waals surface area contributed by atoms with E-state index in [9.17, 15) is 0 Å². The Morgan fingerprint density at radius 3 is 2.48 bits per heavy atom. The van der Waals surface area contributed by atoms with Crippen molar-refractivity contribution in [3.63, 3.8) is 0 Å². The maximum absolute atomic E-state index is 4.24.